The molecular formula is C21H22N4O5. The van der Waals surface area contributed by atoms with Crippen molar-refractivity contribution in [3.8, 4) is 0 Å². The maximum Gasteiger partial charge on any atom is 0.293 e. The van der Waals surface area contributed by atoms with Crippen molar-refractivity contribution in [2.75, 3.05) is 48.0 Å². The second-order valence-corrected chi connectivity index (χ2v) is 7.28. The van der Waals surface area contributed by atoms with Gasteiger partial charge in [-0.2, -0.15) is 0 Å². The van der Waals surface area contributed by atoms with Crippen LogP contribution in [-0.2, 0) is 16.0 Å². The molecule has 2 heterocycles. The van der Waals surface area contributed by atoms with E-state index in [9.17, 15) is 19.7 Å². The number of nitro groups is 1. The summed E-state index contributed by atoms with van der Waals surface area (Å²) in [6.07, 6.45) is 0.721. The van der Waals surface area contributed by atoms with Crippen molar-refractivity contribution in [3.05, 3.63) is 57.6 Å². The minimum Gasteiger partial charge on any atom is -0.378 e. The lowest BCUT2D eigenvalue weighted by atomic mass is 10.1. The molecule has 9 nitrogen and oxygen atoms in total. The number of morpholine rings is 1. The van der Waals surface area contributed by atoms with Crippen molar-refractivity contribution in [1.82, 2.24) is 0 Å². The minimum absolute atomic E-state index is 0.0156. The number of ether oxygens (including phenoxy) is 1. The predicted molar refractivity (Wildman–Crippen MR) is 112 cm³/mol. The van der Waals surface area contributed by atoms with Gasteiger partial charge in [0, 0.05) is 49.6 Å². The normalized spacial score (nSPS) is 15.6. The summed E-state index contributed by atoms with van der Waals surface area (Å²) in [5.41, 5.74) is 3.02. The Morgan fingerprint density at radius 2 is 1.80 bits per heavy atom. The Kier molecular flexibility index (Phi) is 5.37. The monoisotopic (exact) mass is 410 g/mol. The summed E-state index contributed by atoms with van der Waals surface area (Å²) in [4.78, 5) is 39.1. The maximum absolute atomic E-state index is 12.7. The average Bonchev–Trinajstić information content (AvgIpc) is 3.17. The van der Waals surface area contributed by atoms with Crippen LogP contribution in [0.15, 0.2) is 36.4 Å². The van der Waals surface area contributed by atoms with Crippen LogP contribution in [0.4, 0.5) is 22.7 Å². The highest BCUT2D eigenvalue weighted by atomic mass is 16.6. The maximum atomic E-state index is 12.7. The van der Waals surface area contributed by atoms with E-state index in [0.717, 1.165) is 17.7 Å². The van der Waals surface area contributed by atoms with Gasteiger partial charge in [0.2, 0.25) is 5.91 Å². The molecule has 0 saturated carbocycles. The molecule has 0 bridgehead atoms. The highest BCUT2D eigenvalue weighted by molar-refractivity contribution is 6.05. The SMILES string of the molecule is CC(=O)N1CCc2cc(NC(=O)c3ccc(N4CCOCC4)c([N+](=O)[O-])c3)ccc21. The Balaban J connectivity index is 1.54. The number of hydrogen-bond donors (Lipinski definition) is 1. The van der Waals surface area contributed by atoms with Crippen molar-refractivity contribution in [1.29, 1.82) is 0 Å². The van der Waals surface area contributed by atoms with Crippen LogP contribution in [0.25, 0.3) is 0 Å². The molecule has 0 radical (unpaired) electrons. The number of nitrogens with one attached hydrogen (secondary N) is 1. The van der Waals surface area contributed by atoms with Crippen LogP contribution in [0, 0.1) is 10.1 Å². The van der Waals surface area contributed by atoms with Gasteiger partial charge in [-0.05, 0) is 42.3 Å². The lowest BCUT2D eigenvalue weighted by Gasteiger charge is -2.28. The zero-order chi connectivity index (χ0) is 21.3. The third-order valence-corrected chi connectivity index (χ3v) is 5.40. The second kappa shape index (κ2) is 8.11. The number of carbonyl (C=O) groups is 2. The number of fused-ring (bicyclic) bond motifs is 1. The van der Waals surface area contributed by atoms with Gasteiger partial charge in [-0.25, -0.2) is 0 Å². The van der Waals surface area contributed by atoms with Crippen molar-refractivity contribution >= 4 is 34.6 Å². The third-order valence-electron chi connectivity index (χ3n) is 5.40. The molecule has 9 heteroatoms. The number of nitro benzene ring substituents is 1. The summed E-state index contributed by atoms with van der Waals surface area (Å²) in [5, 5.41) is 14.4. The number of hydrogen-bond acceptors (Lipinski definition) is 6. The molecule has 1 N–H and O–H groups in total. The first-order valence-electron chi connectivity index (χ1n) is 9.77. The lowest BCUT2D eigenvalue weighted by molar-refractivity contribution is -0.384. The predicted octanol–water partition coefficient (Wildman–Crippen LogP) is 2.59. The Morgan fingerprint density at radius 3 is 2.50 bits per heavy atom. The zero-order valence-electron chi connectivity index (χ0n) is 16.6. The Hall–Kier alpha value is -3.46. The van der Waals surface area contributed by atoms with E-state index >= 15 is 0 Å². The molecule has 2 amide bonds. The molecule has 0 unspecified atom stereocenters. The minimum atomic E-state index is -0.465. The van der Waals surface area contributed by atoms with Gasteiger partial charge in [0.15, 0.2) is 0 Å². The standard InChI is InChI=1S/C21H22N4O5/c1-14(26)24-7-6-15-12-17(3-5-18(15)24)22-21(27)16-2-4-19(20(13-16)25(28)29)23-8-10-30-11-9-23/h2-5,12-13H,6-11H2,1H3,(H,22,27). The quantitative estimate of drug-likeness (QED) is 0.614. The van der Waals surface area contributed by atoms with Gasteiger partial charge in [0.05, 0.1) is 18.1 Å². The van der Waals surface area contributed by atoms with Gasteiger partial charge in [-0.15, -0.1) is 0 Å². The first-order chi connectivity index (χ1) is 14.4. The van der Waals surface area contributed by atoms with E-state index in [4.69, 9.17) is 4.74 Å². The summed E-state index contributed by atoms with van der Waals surface area (Å²) in [6, 6.07) is 9.90. The van der Waals surface area contributed by atoms with Crippen LogP contribution in [0.3, 0.4) is 0 Å². The summed E-state index contributed by atoms with van der Waals surface area (Å²) < 4.78 is 5.30. The van der Waals surface area contributed by atoms with Crippen molar-refractivity contribution in [2.45, 2.75) is 13.3 Å². The summed E-state index contributed by atoms with van der Waals surface area (Å²) in [5.74, 6) is -0.439. The number of carbonyl (C=O) groups excluding carboxylic acids is 2. The van der Waals surface area contributed by atoms with Crippen molar-refractivity contribution < 1.29 is 19.2 Å². The summed E-state index contributed by atoms with van der Waals surface area (Å²) in [7, 11) is 0. The molecule has 156 valence electrons. The van der Waals surface area contributed by atoms with E-state index < -0.39 is 10.8 Å². The van der Waals surface area contributed by atoms with Crippen LogP contribution >= 0.6 is 0 Å². The largest absolute Gasteiger partial charge is 0.378 e. The Labute approximate surface area is 173 Å². The molecule has 0 aromatic heterocycles. The van der Waals surface area contributed by atoms with E-state index in [1.807, 2.05) is 17.0 Å². The fourth-order valence-electron chi connectivity index (χ4n) is 3.89. The first kappa shape index (κ1) is 19.8. The highest BCUT2D eigenvalue weighted by Gasteiger charge is 2.25. The molecule has 4 rings (SSSR count). The molecule has 2 aromatic carbocycles. The van der Waals surface area contributed by atoms with Crippen LogP contribution in [-0.4, -0.2) is 49.6 Å². The van der Waals surface area contributed by atoms with Gasteiger partial charge in [-0.1, -0.05) is 0 Å². The molecule has 2 aromatic rings. The fraction of sp³-hybridized carbons (Fsp3) is 0.333. The van der Waals surface area contributed by atoms with Gasteiger partial charge < -0.3 is 19.9 Å². The number of anilines is 3. The zero-order valence-corrected chi connectivity index (χ0v) is 16.6. The molecule has 0 spiro atoms. The summed E-state index contributed by atoms with van der Waals surface area (Å²) >= 11 is 0. The number of rotatable bonds is 4. The van der Waals surface area contributed by atoms with E-state index in [1.54, 1.807) is 23.1 Å². The van der Waals surface area contributed by atoms with E-state index in [-0.39, 0.29) is 17.2 Å². The molecule has 2 aliphatic heterocycles. The second-order valence-electron chi connectivity index (χ2n) is 7.28. The highest BCUT2D eigenvalue weighted by Crippen LogP contribution is 2.32. The van der Waals surface area contributed by atoms with Crippen LogP contribution in [0.1, 0.15) is 22.8 Å². The Morgan fingerprint density at radius 1 is 1.07 bits per heavy atom. The van der Waals surface area contributed by atoms with Gasteiger partial charge in [-0.3, -0.25) is 19.7 Å². The average molecular weight is 410 g/mol. The van der Waals surface area contributed by atoms with Crippen LogP contribution in [0.2, 0.25) is 0 Å². The van der Waals surface area contributed by atoms with E-state index in [0.29, 0.717) is 44.2 Å². The van der Waals surface area contributed by atoms with Gasteiger partial charge >= 0.3 is 0 Å². The number of amides is 2. The molecule has 2 aliphatic rings. The van der Waals surface area contributed by atoms with E-state index in [1.165, 1.54) is 13.0 Å². The first-order valence-corrected chi connectivity index (χ1v) is 9.77. The third kappa shape index (κ3) is 3.84. The number of nitrogens with zero attached hydrogens (tertiary/aromatic N) is 3. The number of benzene rings is 2. The van der Waals surface area contributed by atoms with E-state index in [2.05, 4.69) is 5.32 Å². The summed E-state index contributed by atoms with van der Waals surface area (Å²) in [6.45, 7) is 4.31. The molecule has 0 atom stereocenters. The molecule has 30 heavy (non-hydrogen) atoms. The van der Waals surface area contributed by atoms with Gasteiger partial charge in [0.1, 0.15) is 5.69 Å². The Bertz CT molecular complexity index is 1020. The van der Waals surface area contributed by atoms with Crippen LogP contribution in [0.5, 0.6) is 0 Å². The topological polar surface area (TPSA) is 105 Å². The van der Waals surface area contributed by atoms with Crippen molar-refractivity contribution in [2.24, 2.45) is 0 Å². The van der Waals surface area contributed by atoms with Gasteiger partial charge in [0.25, 0.3) is 11.6 Å². The lowest BCUT2D eigenvalue weighted by Crippen LogP contribution is -2.36. The molecule has 0 aliphatic carbocycles. The molecule has 1 saturated heterocycles. The fourth-order valence-corrected chi connectivity index (χ4v) is 3.89. The van der Waals surface area contributed by atoms with Crippen LogP contribution < -0.4 is 15.1 Å². The molecule has 1 fully saturated rings. The smallest absolute Gasteiger partial charge is 0.293 e. The van der Waals surface area contributed by atoms with Crippen molar-refractivity contribution in [3.63, 3.8) is 0 Å². The molecular weight excluding hydrogens is 388 g/mol.